The molecule has 30 heavy (non-hydrogen) atoms. The van der Waals surface area contributed by atoms with Crippen LogP contribution in [0.3, 0.4) is 0 Å². The lowest BCUT2D eigenvalue weighted by Gasteiger charge is -2.40. The molecule has 1 atom stereocenters. The number of benzene rings is 2. The molecule has 0 radical (unpaired) electrons. The zero-order valence-electron chi connectivity index (χ0n) is 17.3. The standard InChI is InChI=1S/C23H26FN3O3/c1-25(2)20-9-5-18(6-10-20)22(29)27-13-14-30-23(16-27)11-12-26(15-23)21(28)17-3-7-19(24)8-4-17/h3-10H,11-16H2,1-2H3. The van der Waals surface area contributed by atoms with Gasteiger partial charge in [0.1, 0.15) is 11.4 Å². The second kappa shape index (κ2) is 8.07. The number of likely N-dealkylation sites (tertiary alicyclic amines) is 1. The van der Waals surface area contributed by atoms with Gasteiger partial charge in [0.2, 0.25) is 0 Å². The maximum Gasteiger partial charge on any atom is 0.254 e. The molecule has 2 fully saturated rings. The topological polar surface area (TPSA) is 53.1 Å². The molecule has 2 aliphatic heterocycles. The highest BCUT2D eigenvalue weighted by Gasteiger charge is 2.45. The van der Waals surface area contributed by atoms with Crippen molar-refractivity contribution < 1.29 is 18.7 Å². The second-order valence-electron chi connectivity index (χ2n) is 8.18. The Morgan fingerprint density at radius 3 is 2.00 bits per heavy atom. The highest BCUT2D eigenvalue weighted by molar-refractivity contribution is 5.95. The minimum Gasteiger partial charge on any atom is -0.378 e. The molecular formula is C23H26FN3O3. The van der Waals surface area contributed by atoms with E-state index in [1.54, 1.807) is 4.90 Å². The van der Waals surface area contributed by atoms with E-state index >= 15 is 0 Å². The van der Waals surface area contributed by atoms with Crippen LogP contribution in [-0.2, 0) is 4.74 Å². The lowest BCUT2D eigenvalue weighted by atomic mass is 10.00. The number of anilines is 1. The number of carbonyl (C=O) groups excluding carboxylic acids is 2. The molecule has 2 aromatic carbocycles. The first kappa shape index (κ1) is 20.3. The molecule has 0 saturated carbocycles. The van der Waals surface area contributed by atoms with Gasteiger partial charge in [-0.15, -0.1) is 0 Å². The number of rotatable bonds is 3. The third-order valence-electron chi connectivity index (χ3n) is 5.86. The van der Waals surface area contributed by atoms with E-state index in [1.807, 2.05) is 48.2 Å². The summed E-state index contributed by atoms with van der Waals surface area (Å²) in [4.78, 5) is 31.3. The van der Waals surface area contributed by atoms with Crippen molar-refractivity contribution >= 4 is 17.5 Å². The zero-order valence-corrected chi connectivity index (χ0v) is 17.3. The molecule has 1 spiro atoms. The van der Waals surface area contributed by atoms with Gasteiger partial charge >= 0.3 is 0 Å². The molecule has 0 aliphatic carbocycles. The van der Waals surface area contributed by atoms with Crippen LogP contribution in [0.2, 0.25) is 0 Å². The van der Waals surface area contributed by atoms with Gasteiger partial charge in [0.25, 0.3) is 11.8 Å². The van der Waals surface area contributed by atoms with Gasteiger partial charge in [-0.05, 0) is 55.0 Å². The summed E-state index contributed by atoms with van der Waals surface area (Å²) in [7, 11) is 3.92. The van der Waals surface area contributed by atoms with E-state index < -0.39 is 5.60 Å². The average molecular weight is 411 g/mol. The molecule has 2 heterocycles. The zero-order chi connectivity index (χ0) is 21.3. The summed E-state index contributed by atoms with van der Waals surface area (Å²) >= 11 is 0. The lowest BCUT2D eigenvalue weighted by molar-refractivity contribution is -0.0904. The molecule has 1 unspecified atom stereocenters. The summed E-state index contributed by atoms with van der Waals surface area (Å²) in [6.45, 7) is 2.40. The minimum absolute atomic E-state index is 0.0220. The maximum atomic E-state index is 13.1. The molecule has 2 saturated heterocycles. The number of morpholine rings is 1. The van der Waals surface area contributed by atoms with Gasteiger partial charge in [0.15, 0.2) is 0 Å². The Morgan fingerprint density at radius 2 is 1.43 bits per heavy atom. The fourth-order valence-corrected chi connectivity index (χ4v) is 4.14. The summed E-state index contributed by atoms with van der Waals surface area (Å²) in [5.41, 5.74) is 1.59. The summed E-state index contributed by atoms with van der Waals surface area (Å²) in [6, 6.07) is 13.1. The van der Waals surface area contributed by atoms with E-state index in [1.165, 1.54) is 24.3 Å². The fourth-order valence-electron chi connectivity index (χ4n) is 4.14. The number of carbonyl (C=O) groups is 2. The van der Waals surface area contributed by atoms with Crippen LogP contribution >= 0.6 is 0 Å². The molecule has 2 aromatic rings. The number of hydrogen-bond donors (Lipinski definition) is 0. The molecular weight excluding hydrogens is 385 g/mol. The smallest absolute Gasteiger partial charge is 0.254 e. The van der Waals surface area contributed by atoms with Crippen LogP contribution in [0, 0.1) is 5.82 Å². The molecule has 2 aliphatic rings. The van der Waals surface area contributed by atoms with Crippen LogP contribution in [-0.4, -0.2) is 74.1 Å². The van der Waals surface area contributed by atoms with Crippen LogP contribution in [0.5, 0.6) is 0 Å². The summed E-state index contributed by atoms with van der Waals surface area (Å²) < 4.78 is 19.2. The van der Waals surface area contributed by atoms with E-state index in [9.17, 15) is 14.0 Å². The fraction of sp³-hybridized carbons (Fsp3) is 0.391. The van der Waals surface area contributed by atoms with Crippen LogP contribution in [0.15, 0.2) is 48.5 Å². The first-order chi connectivity index (χ1) is 14.4. The molecule has 0 aromatic heterocycles. The van der Waals surface area contributed by atoms with Crippen molar-refractivity contribution in [1.29, 1.82) is 0 Å². The first-order valence-electron chi connectivity index (χ1n) is 10.1. The van der Waals surface area contributed by atoms with E-state index in [4.69, 9.17) is 4.74 Å². The maximum absolute atomic E-state index is 13.1. The Kier molecular flexibility index (Phi) is 5.47. The molecule has 0 bridgehead atoms. The van der Waals surface area contributed by atoms with Crippen LogP contribution in [0.1, 0.15) is 27.1 Å². The highest BCUT2D eigenvalue weighted by Crippen LogP contribution is 2.31. The summed E-state index contributed by atoms with van der Waals surface area (Å²) in [5.74, 6) is -0.530. The first-order valence-corrected chi connectivity index (χ1v) is 10.1. The van der Waals surface area contributed by atoms with Gasteiger partial charge in [-0.25, -0.2) is 4.39 Å². The molecule has 4 rings (SSSR count). The van der Waals surface area contributed by atoms with Crippen molar-refractivity contribution in [3.63, 3.8) is 0 Å². The number of hydrogen-bond acceptors (Lipinski definition) is 4. The quantitative estimate of drug-likeness (QED) is 0.779. The van der Waals surface area contributed by atoms with Crippen molar-refractivity contribution in [3.8, 4) is 0 Å². The van der Waals surface area contributed by atoms with Gasteiger partial charge in [-0.2, -0.15) is 0 Å². The molecule has 2 amide bonds. The monoisotopic (exact) mass is 411 g/mol. The van der Waals surface area contributed by atoms with Crippen molar-refractivity contribution in [1.82, 2.24) is 9.80 Å². The van der Waals surface area contributed by atoms with E-state index in [-0.39, 0.29) is 17.6 Å². The van der Waals surface area contributed by atoms with Crippen molar-refractivity contribution in [2.75, 3.05) is 51.8 Å². The van der Waals surface area contributed by atoms with Gasteiger partial charge in [0.05, 0.1) is 19.7 Å². The second-order valence-corrected chi connectivity index (χ2v) is 8.18. The number of amides is 2. The van der Waals surface area contributed by atoms with Gasteiger partial charge in [-0.3, -0.25) is 9.59 Å². The van der Waals surface area contributed by atoms with E-state index in [0.29, 0.717) is 50.3 Å². The number of halogens is 1. The van der Waals surface area contributed by atoms with Crippen LogP contribution in [0.4, 0.5) is 10.1 Å². The third-order valence-corrected chi connectivity index (χ3v) is 5.86. The highest BCUT2D eigenvalue weighted by atomic mass is 19.1. The largest absolute Gasteiger partial charge is 0.378 e. The summed E-state index contributed by atoms with van der Waals surface area (Å²) in [5, 5.41) is 0. The van der Waals surface area contributed by atoms with Gasteiger partial charge < -0.3 is 19.4 Å². The van der Waals surface area contributed by atoms with Crippen LogP contribution < -0.4 is 4.90 Å². The molecule has 158 valence electrons. The Bertz CT molecular complexity index is 930. The van der Waals surface area contributed by atoms with Crippen molar-refractivity contribution in [3.05, 3.63) is 65.5 Å². The molecule has 6 nitrogen and oxygen atoms in total. The van der Waals surface area contributed by atoms with Crippen molar-refractivity contribution in [2.24, 2.45) is 0 Å². The van der Waals surface area contributed by atoms with E-state index in [0.717, 1.165) is 5.69 Å². The number of ether oxygens (including phenoxy) is 1. The lowest BCUT2D eigenvalue weighted by Crippen LogP contribution is -2.55. The van der Waals surface area contributed by atoms with E-state index in [2.05, 4.69) is 0 Å². The van der Waals surface area contributed by atoms with Crippen molar-refractivity contribution in [2.45, 2.75) is 12.0 Å². The average Bonchev–Trinajstić information content (AvgIpc) is 3.16. The third kappa shape index (κ3) is 4.03. The predicted octanol–water partition coefficient (Wildman–Crippen LogP) is 2.65. The van der Waals surface area contributed by atoms with Crippen LogP contribution in [0.25, 0.3) is 0 Å². The number of nitrogens with zero attached hydrogens (tertiary/aromatic N) is 3. The Labute approximate surface area is 175 Å². The Balaban J connectivity index is 1.43. The van der Waals surface area contributed by atoms with Gasteiger partial charge in [-0.1, -0.05) is 0 Å². The SMILES string of the molecule is CN(C)c1ccc(C(=O)N2CCOC3(CCN(C(=O)c4ccc(F)cc4)C3)C2)cc1. The van der Waals surface area contributed by atoms with Gasteiger partial charge in [0, 0.05) is 44.0 Å². The Morgan fingerprint density at radius 1 is 0.900 bits per heavy atom. The minimum atomic E-state index is -0.548. The summed E-state index contributed by atoms with van der Waals surface area (Å²) in [6.07, 6.45) is 0.670. The Hall–Kier alpha value is -2.93. The molecule has 7 heteroatoms. The predicted molar refractivity (Wildman–Crippen MR) is 112 cm³/mol. The molecule has 0 N–H and O–H groups in total. The normalized spacial score (nSPS) is 21.2.